The Morgan fingerprint density at radius 2 is 2.24 bits per heavy atom. The van der Waals surface area contributed by atoms with Crippen molar-refractivity contribution in [1.29, 1.82) is 0 Å². The smallest absolute Gasteiger partial charge is 0.227 e. The van der Waals surface area contributed by atoms with Gasteiger partial charge in [0, 0.05) is 22.3 Å². The highest BCUT2D eigenvalue weighted by Crippen LogP contribution is 2.32. The van der Waals surface area contributed by atoms with Gasteiger partial charge in [0.15, 0.2) is 0 Å². The molecule has 0 fully saturated rings. The van der Waals surface area contributed by atoms with Gasteiger partial charge in [-0.05, 0) is 35.8 Å². The first-order chi connectivity index (χ1) is 8.05. The Morgan fingerprint density at radius 1 is 1.41 bits per heavy atom. The van der Waals surface area contributed by atoms with Gasteiger partial charge in [0.1, 0.15) is 6.61 Å². The number of aromatic nitrogens is 1. The molecule has 0 unspecified atom stereocenters. The summed E-state index contributed by atoms with van der Waals surface area (Å²) in [5.41, 5.74) is -0.110. The molecule has 0 amide bonds. The zero-order valence-corrected chi connectivity index (χ0v) is 11.9. The Hall–Kier alpha value is -0.940. The van der Waals surface area contributed by atoms with Crippen molar-refractivity contribution >= 4 is 43.3 Å². The molecular weight excluding hydrogens is 300 g/mol. The van der Waals surface area contributed by atoms with Crippen LogP contribution in [0.1, 0.15) is 18.7 Å². The fraction of sp³-hybridized carbons (Fsp3) is 0.333. The second kappa shape index (κ2) is 3.78. The van der Waals surface area contributed by atoms with Crippen molar-refractivity contribution in [3.05, 3.63) is 27.8 Å². The molecule has 3 rings (SSSR count). The molecule has 88 valence electrons. The first kappa shape index (κ1) is 11.2. The van der Waals surface area contributed by atoms with Crippen LogP contribution < -0.4 is 0 Å². The van der Waals surface area contributed by atoms with Crippen molar-refractivity contribution in [2.45, 2.75) is 19.4 Å². The van der Waals surface area contributed by atoms with E-state index in [-0.39, 0.29) is 5.54 Å². The van der Waals surface area contributed by atoms with Crippen LogP contribution in [-0.2, 0) is 4.74 Å². The number of hydrogen-bond acceptors (Lipinski definition) is 4. The van der Waals surface area contributed by atoms with Crippen molar-refractivity contribution < 1.29 is 4.74 Å². The van der Waals surface area contributed by atoms with E-state index in [9.17, 15) is 0 Å². The molecule has 1 aliphatic rings. The zero-order chi connectivity index (χ0) is 12.0. The maximum Gasteiger partial charge on any atom is 0.227 e. The predicted molar refractivity (Wildman–Crippen MR) is 73.9 cm³/mol. The van der Waals surface area contributed by atoms with Gasteiger partial charge in [0.05, 0.1) is 15.1 Å². The van der Waals surface area contributed by atoms with Gasteiger partial charge >= 0.3 is 0 Å². The molecule has 3 nitrogen and oxygen atoms in total. The summed E-state index contributed by atoms with van der Waals surface area (Å²) < 4.78 is 7.80. The van der Waals surface area contributed by atoms with Crippen LogP contribution in [0.4, 0.5) is 0 Å². The number of ether oxygens (including phenoxy) is 1. The van der Waals surface area contributed by atoms with Gasteiger partial charge in [-0.1, -0.05) is 0 Å². The first-order valence-corrected chi connectivity index (χ1v) is 6.92. The normalized spacial score (nSPS) is 18.2. The molecule has 0 aromatic carbocycles. The number of aliphatic imine (C=N–C) groups is 1. The molecule has 0 atom stereocenters. The number of thiophene rings is 1. The molecular formula is C12H11BrN2OS. The van der Waals surface area contributed by atoms with Gasteiger partial charge in [-0.2, -0.15) is 0 Å². The predicted octanol–water partition coefficient (Wildman–Crippen LogP) is 3.61. The van der Waals surface area contributed by atoms with Crippen LogP contribution in [0.5, 0.6) is 0 Å². The summed E-state index contributed by atoms with van der Waals surface area (Å²) in [4.78, 5) is 9.82. The van der Waals surface area contributed by atoms with Crippen LogP contribution in [-0.4, -0.2) is 23.0 Å². The standard InChI is InChI=1S/C12H11BrN2OS/c1-12(2)6-16-11(15-12)9-3-7-8(13)4-14-5-10(7)17-9/h3-5H,6H2,1-2H3. The van der Waals surface area contributed by atoms with E-state index in [0.29, 0.717) is 6.61 Å². The highest BCUT2D eigenvalue weighted by molar-refractivity contribution is 9.10. The molecule has 0 spiro atoms. The zero-order valence-electron chi connectivity index (χ0n) is 9.53. The Labute approximate surface area is 112 Å². The number of rotatable bonds is 1. The molecule has 2 aromatic rings. The lowest BCUT2D eigenvalue weighted by molar-refractivity contribution is 0.280. The minimum atomic E-state index is -0.110. The molecule has 0 bridgehead atoms. The average molecular weight is 311 g/mol. The molecule has 0 radical (unpaired) electrons. The molecule has 0 saturated carbocycles. The molecule has 0 saturated heterocycles. The van der Waals surface area contributed by atoms with Gasteiger partial charge in [-0.25, -0.2) is 4.99 Å². The summed E-state index contributed by atoms with van der Waals surface area (Å²) in [6.45, 7) is 4.80. The Balaban J connectivity index is 2.11. The summed E-state index contributed by atoms with van der Waals surface area (Å²) in [6.07, 6.45) is 3.68. The molecule has 2 aromatic heterocycles. The van der Waals surface area contributed by atoms with Crippen molar-refractivity contribution in [2.75, 3.05) is 6.61 Å². The molecule has 0 aliphatic carbocycles. The number of hydrogen-bond donors (Lipinski definition) is 0. The summed E-state index contributed by atoms with van der Waals surface area (Å²) in [6, 6.07) is 2.10. The molecule has 3 heterocycles. The summed E-state index contributed by atoms with van der Waals surface area (Å²) in [5.74, 6) is 0.753. The van der Waals surface area contributed by atoms with E-state index in [1.807, 2.05) is 6.20 Å². The lowest BCUT2D eigenvalue weighted by Crippen LogP contribution is -2.17. The fourth-order valence-corrected chi connectivity index (χ4v) is 3.32. The van der Waals surface area contributed by atoms with E-state index in [1.165, 1.54) is 0 Å². The van der Waals surface area contributed by atoms with E-state index >= 15 is 0 Å². The average Bonchev–Trinajstić information content (AvgIpc) is 2.82. The number of pyridine rings is 1. The second-order valence-electron chi connectivity index (χ2n) is 4.66. The van der Waals surface area contributed by atoms with Crippen molar-refractivity contribution in [3.8, 4) is 0 Å². The molecule has 17 heavy (non-hydrogen) atoms. The van der Waals surface area contributed by atoms with Crippen molar-refractivity contribution in [3.63, 3.8) is 0 Å². The topological polar surface area (TPSA) is 34.5 Å². The maximum absolute atomic E-state index is 5.65. The largest absolute Gasteiger partial charge is 0.474 e. The monoisotopic (exact) mass is 310 g/mol. The summed E-state index contributed by atoms with van der Waals surface area (Å²) >= 11 is 5.17. The summed E-state index contributed by atoms with van der Waals surface area (Å²) in [7, 11) is 0. The number of fused-ring (bicyclic) bond motifs is 1. The minimum absolute atomic E-state index is 0.110. The number of nitrogens with zero attached hydrogens (tertiary/aromatic N) is 2. The SMILES string of the molecule is CC1(C)COC(c2cc3c(Br)cncc3s2)=N1. The highest BCUT2D eigenvalue weighted by Gasteiger charge is 2.28. The van der Waals surface area contributed by atoms with Gasteiger partial charge in [0.2, 0.25) is 5.90 Å². The van der Waals surface area contributed by atoms with Crippen LogP contribution in [0.15, 0.2) is 27.9 Å². The lowest BCUT2D eigenvalue weighted by atomic mass is 10.1. The molecule has 0 N–H and O–H groups in total. The third kappa shape index (κ3) is 1.98. The highest BCUT2D eigenvalue weighted by atomic mass is 79.9. The van der Waals surface area contributed by atoms with Gasteiger partial charge in [0.25, 0.3) is 0 Å². The van der Waals surface area contributed by atoms with Gasteiger partial charge in [-0.15, -0.1) is 11.3 Å². The van der Waals surface area contributed by atoms with Crippen LogP contribution in [0, 0.1) is 0 Å². The van der Waals surface area contributed by atoms with Crippen molar-refractivity contribution in [2.24, 2.45) is 4.99 Å². The minimum Gasteiger partial charge on any atom is -0.474 e. The van der Waals surface area contributed by atoms with Gasteiger partial charge < -0.3 is 4.74 Å². The van der Waals surface area contributed by atoms with Crippen LogP contribution >= 0.6 is 27.3 Å². The summed E-state index contributed by atoms with van der Waals surface area (Å²) in [5, 5.41) is 1.16. The fourth-order valence-electron chi connectivity index (χ4n) is 1.74. The third-order valence-corrected chi connectivity index (χ3v) is 4.26. The Bertz CT molecular complexity index is 618. The third-order valence-electron chi connectivity index (χ3n) is 2.57. The Kier molecular flexibility index (Phi) is 2.48. The molecule has 1 aliphatic heterocycles. The van der Waals surface area contributed by atoms with Crippen LogP contribution in [0.25, 0.3) is 10.1 Å². The van der Waals surface area contributed by atoms with E-state index in [1.54, 1.807) is 17.5 Å². The molecule has 5 heteroatoms. The van der Waals surface area contributed by atoms with Gasteiger partial charge in [-0.3, -0.25) is 4.98 Å². The van der Waals surface area contributed by atoms with Crippen LogP contribution in [0.3, 0.4) is 0 Å². The maximum atomic E-state index is 5.65. The van der Waals surface area contributed by atoms with Crippen LogP contribution in [0.2, 0.25) is 0 Å². The van der Waals surface area contributed by atoms with E-state index in [0.717, 1.165) is 25.3 Å². The second-order valence-corrected chi connectivity index (χ2v) is 6.60. The van der Waals surface area contributed by atoms with E-state index in [2.05, 4.69) is 45.8 Å². The van der Waals surface area contributed by atoms with E-state index in [4.69, 9.17) is 4.74 Å². The quantitative estimate of drug-likeness (QED) is 0.806. The van der Waals surface area contributed by atoms with Crippen molar-refractivity contribution in [1.82, 2.24) is 4.98 Å². The van der Waals surface area contributed by atoms with E-state index < -0.39 is 0 Å². The Morgan fingerprint density at radius 3 is 2.88 bits per heavy atom. The lowest BCUT2D eigenvalue weighted by Gasteiger charge is -2.07. The number of halogens is 1. The first-order valence-electron chi connectivity index (χ1n) is 5.31.